The monoisotopic (exact) mass is 847 g/mol. The molecule has 0 spiro atoms. The predicted molar refractivity (Wildman–Crippen MR) is 155 cm³/mol. The highest BCUT2D eigenvalue weighted by atomic mass is 35.5. The number of imidazole rings is 3. The van der Waals surface area contributed by atoms with E-state index in [0.717, 1.165) is 20.8 Å². The molecule has 3 heterocycles. The number of hydrogen-bond acceptors (Lipinski definition) is 12. The first-order valence-corrected chi connectivity index (χ1v) is 15.6. The normalized spacial score (nSPS) is 14.5. The Morgan fingerprint density at radius 3 is 0.962 bits per heavy atom. The molecule has 290 valence electrons. The molecule has 0 aromatic carbocycles. The molecule has 31 heteroatoms. The molecule has 52 heavy (non-hydrogen) atoms. The Kier molecular flexibility index (Phi) is 13.0. The second kappa shape index (κ2) is 15.8. The summed E-state index contributed by atoms with van der Waals surface area (Å²) in [5.74, 6) is -9.61. The molecule has 0 saturated heterocycles. The highest BCUT2D eigenvalue weighted by Crippen LogP contribution is 2.46. The van der Waals surface area contributed by atoms with Crippen LogP contribution in [0, 0.1) is 30.3 Å². The molecule has 0 unspecified atom stereocenters. The van der Waals surface area contributed by atoms with Crippen molar-refractivity contribution in [2.24, 2.45) is 0 Å². The number of halogens is 12. The molecule has 3 aromatic heterocycles. The van der Waals surface area contributed by atoms with Crippen LogP contribution in [-0.2, 0) is 51.7 Å². The van der Waals surface area contributed by atoms with Crippen LogP contribution in [-0.4, -0.2) is 61.7 Å². The molecule has 3 rings (SSSR count). The zero-order valence-electron chi connectivity index (χ0n) is 25.5. The molecule has 0 N–H and O–H groups in total. The van der Waals surface area contributed by atoms with E-state index >= 15 is 0 Å². The van der Waals surface area contributed by atoms with Gasteiger partial charge < -0.3 is 43.9 Å². The van der Waals surface area contributed by atoms with Gasteiger partial charge in [0, 0.05) is 0 Å². The molecule has 0 aliphatic rings. The fourth-order valence-electron chi connectivity index (χ4n) is 4.32. The van der Waals surface area contributed by atoms with Crippen molar-refractivity contribution in [2.45, 2.75) is 77.2 Å². The minimum Gasteiger partial charge on any atom is -0.358 e. The van der Waals surface area contributed by atoms with Crippen LogP contribution in [0.4, 0.5) is 57.0 Å². The van der Waals surface area contributed by atoms with Crippen molar-refractivity contribution >= 4 is 60.9 Å². The van der Waals surface area contributed by atoms with Crippen LogP contribution in [0.1, 0.15) is 38.2 Å². The smallest absolute Gasteiger partial charge is 0.358 e. The van der Waals surface area contributed by atoms with Gasteiger partial charge in [-0.15, -0.1) is 0 Å². The van der Waals surface area contributed by atoms with Crippen molar-refractivity contribution in [3.63, 3.8) is 0 Å². The van der Waals surface area contributed by atoms with E-state index in [9.17, 15) is 69.9 Å². The summed E-state index contributed by atoms with van der Waals surface area (Å²) in [6.45, 7) is -0.332. The molecule has 0 aliphatic carbocycles. The van der Waals surface area contributed by atoms with Crippen molar-refractivity contribution < 1.29 is 67.9 Å². The van der Waals surface area contributed by atoms with E-state index in [1.807, 2.05) is 0 Å². The molecule has 0 bridgehead atoms. The average Bonchev–Trinajstić information content (AvgIpc) is 3.57. The van der Waals surface area contributed by atoms with Crippen LogP contribution >= 0.6 is 43.4 Å². The van der Waals surface area contributed by atoms with Crippen LogP contribution < -0.4 is 0 Å². The van der Waals surface area contributed by atoms with Crippen LogP contribution in [0.2, 0.25) is 15.5 Å². The number of aromatic nitrogens is 6. The van der Waals surface area contributed by atoms with Gasteiger partial charge in [-0.2, -0.15) is 68.2 Å². The fraction of sp³-hybridized carbons (Fsp3) is 0.571. The molecule has 0 fully saturated rings. The summed E-state index contributed by atoms with van der Waals surface area (Å²) in [7, 11) is -3.19. The quantitative estimate of drug-likeness (QED) is 0.0619. The molecule has 3 aromatic rings. The lowest BCUT2D eigenvalue weighted by Gasteiger charge is -2.25. The lowest BCUT2D eigenvalue weighted by Crippen LogP contribution is -2.26. The Labute approximate surface area is 297 Å². The summed E-state index contributed by atoms with van der Waals surface area (Å²) in [6.07, 6.45) is -20.9. The maximum Gasteiger partial charge on any atom is 0.473 e. The molecule has 18 nitrogen and oxygen atoms in total. The summed E-state index contributed by atoms with van der Waals surface area (Å²) < 4.78 is 139. The summed E-state index contributed by atoms with van der Waals surface area (Å²) in [6, 6.07) is 0. The highest BCUT2D eigenvalue weighted by Gasteiger charge is 2.48. The first-order valence-electron chi connectivity index (χ1n) is 13.4. The first kappa shape index (κ1) is 42.8. The summed E-state index contributed by atoms with van der Waals surface area (Å²) >= 11 is 16.6. The van der Waals surface area contributed by atoms with E-state index in [-0.39, 0.29) is 13.7 Å². The topological polar surface area (TPSA) is 211 Å². The van der Waals surface area contributed by atoms with Crippen LogP contribution in [0.5, 0.6) is 0 Å². The largest absolute Gasteiger partial charge is 0.473 e. The minimum absolute atomic E-state index is 0.00765. The standard InChI is InChI=1S/C21H18Cl3F9N9O9P/c1-7(4-37-13(40(43)44)10(22)34-16(37)19(25,26)27)49-52(50-8(2)5-38-14(41(45)46)11(23)35-17(38)20(28,29)30)51-9(3)6-39-15(42(47)48)12(24)36-18(39)21(31,32)33/h7-9H,4-6H2,1-3H3/t7-,8-,9-/m1/s1. The van der Waals surface area contributed by atoms with Gasteiger partial charge in [0.25, 0.3) is 0 Å². The molecule has 3 atom stereocenters. The third-order valence-electron chi connectivity index (χ3n) is 6.10. The van der Waals surface area contributed by atoms with Gasteiger partial charge in [-0.3, -0.25) is 0 Å². The SMILES string of the molecule is C[C@H](Cn1c(C(F)(F)F)nc(Cl)c1[N+](=O)[O-])OP(O[C@H](C)Cn1c(C(F)(F)F)nc(Cl)c1[N+](=O)[O-])O[C@H](C)Cn1c(C(F)(F)F)nc(Cl)c1[N+](=O)[O-]. The number of nitro groups is 3. The highest BCUT2D eigenvalue weighted by molar-refractivity contribution is 7.41. The van der Waals surface area contributed by atoms with E-state index < -0.39 is 130 Å². The van der Waals surface area contributed by atoms with Gasteiger partial charge in [-0.1, -0.05) is 34.8 Å². The Bertz CT molecular complexity index is 1630. The number of nitrogens with zero attached hydrogens (tertiary/aromatic N) is 9. The lowest BCUT2D eigenvalue weighted by atomic mass is 10.4. The van der Waals surface area contributed by atoms with Crippen molar-refractivity contribution in [3.8, 4) is 0 Å². The van der Waals surface area contributed by atoms with E-state index in [2.05, 4.69) is 15.0 Å². The van der Waals surface area contributed by atoms with Gasteiger partial charge in [0.1, 0.15) is 37.9 Å². The van der Waals surface area contributed by atoms with Crippen LogP contribution in [0.3, 0.4) is 0 Å². The maximum atomic E-state index is 13.7. The molecular weight excluding hydrogens is 831 g/mol. The number of rotatable bonds is 15. The van der Waals surface area contributed by atoms with Crippen LogP contribution in [0.25, 0.3) is 0 Å². The number of hydrogen-bond donors (Lipinski definition) is 0. The maximum absolute atomic E-state index is 13.7. The van der Waals surface area contributed by atoms with Gasteiger partial charge in [-0.05, 0) is 35.5 Å². The second-order valence-electron chi connectivity index (χ2n) is 10.2. The molecular formula is C21H18Cl3F9N9O9P. The third-order valence-corrected chi connectivity index (χ3v) is 8.45. The Morgan fingerprint density at radius 1 is 0.577 bits per heavy atom. The van der Waals surface area contributed by atoms with Gasteiger partial charge >= 0.3 is 62.1 Å². The van der Waals surface area contributed by atoms with Gasteiger partial charge in [-0.25, -0.2) is 0 Å². The van der Waals surface area contributed by atoms with Gasteiger partial charge in [0.2, 0.25) is 15.5 Å². The van der Waals surface area contributed by atoms with Crippen molar-refractivity contribution in [1.82, 2.24) is 28.7 Å². The minimum atomic E-state index is -5.31. The molecule has 0 aliphatic heterocycles. The Hall–Kier alpha value is -3.62. The van der Waals surface area contributed by atoms with E-state index in [1.54, 1.807) is 0 Å². The zero-order chi connectivity index (χ0) is 39.8. The van der Waals surface area contributed by atoms with E-state index in [1.165, 1.54) is 0 Å². The summed E-state index contributed by atoms with van der Waals surface area (Å²) in [5.41, 5.74) is 0. The van der Waals surface area contributed by atoms with Crippen molar-refractivity contribution in [3.05, 3.63) is 63.3 Å². The van der Waals surface area contributed by atoms with E-state index in [0.29, 0.717) is 0 Å². The summed E-state index contributed by atoms with van der Waals surface area (Å²) in [5, 5.41) is 30.9. The molecule has 0 amide bonds. The van der Waals surface area contributed by atoms with Crippen LogP contribution in [0.15, 0.2) is 0 Å². The third kappa shape index (κ3) is 9.87. The zero-order valence-corrected chi connectivity index (χ0v) is 28.7. The van der Waals surface area contributed by atoms with Gasteiger partial charge in [0.15, 0.2) is 0 Å². The average molecular weight is 849 g/mol. The summed E-state index contributed by atoms with van der Waals surface area (Å²) in [4.78, 5) is 39.4. The fourth-order valence-corrected chi connectivity index (χ4v) is 6.31. The molecule has 0 radical (unpaired) electrons. The predicted octanol–water partition coefficient (Wildman–Crippen LogP) is 7.86. The lowest BCUT2D eigenvalue weighted by molar-refractivity contribution is -0.392. The first-order chi connectivity index (χ1) is 23.6. The number of alkyl halides is 9. The van der Waals surface area contributed by atoms with Gasteiger partial charge in [0.05, 0.1) is 0 Å². The van der Waals surface area contributed by atoms with E-state index in [4.69, 9.17) is 48.4 Å². The Morgan fingerprint density at radius 2 is 0.788 bits per heavy atom. The molecule has 0 saturated carbocycles. The second-order valence-corrected chi connectivity index (χ2v) is 12.4. The van der Waals surface area contributed by atoms with Crippen molar-refractivity contribution in [2.75, 3.05) is 0 Å². The Balaban J connectivity index is 2.02. The van der Waals surface area contributed by atoms with Crippen molar-refractivity contribution in [1.29, 1.82) is 0 Å².